The third-order valence-electron chi connectivity index (χ3n) is 4.43. The number of aliphatic hydroxyl groups is 1. The number of amides is 1. The highest BCUT2D eigenvalue weighted by Crippen LogP contribution is 2.43. The molecule has 0 saturated carbocycles. The van der Waals surface area contributed by atoms with Crippen molar-refractivity contribution < 1.29 is 14.7 Å². The maximum Gasteiger partial charge on any atom is 0.301 e. The minimum absolute atomic E-state index is 0.00984. The van der Waals surface area contributed by atoms with Gasteiger partial charge in [-0.2, -0.15) is 0 Å². The molecule has 1 unspecified atom stereocenters. The smallest absolute Gasteiger partial charge is 0.301 e. The van der Waals surface area contributed by atoms with Gasteiger partial charge >= 0.3 is 5.91 Å². The summed E-state index contributed by atoms with van der Waals surface area (Å²) in [5.74, 6) is -1.79. The van der Waals surface area contributed by atoms with Crippen molar-refractivity contribution in [3.63, 3.8) is 0 Å². The molecular weight excluding hydrogens is 430 g/mol. The summed E-state index contributed by atoms with van der Waals surface area (Å²) in [5, 5.41) is 19.8. The van der Waals surface area contributed by atoms with E-state index in [0.717, 1.165) is 0 Å². The van der Waals surface area contributed by atoms with Gasteiger partial charge in [0.05, 0.1) is 11.6 Å². The van der Waals surface area contributed by atoms with E-state index in [1.54, 1.807) is 54.6 Å². The van der Waals surface area contributed by atoms with Gasteiger partial charge in [-0.3, -0.25) is 14.5 Å². The van der Waals surface area contributed by atoms with Crippen molar-refractivity contribution in [2.45, 2.75) is 10.4 Å². The minimum atomic E-state index is -0.864. The van der Waals surface area contributed by atoms with Crippen LogP contribution in [0.4, 0.5) is 5.13 Å². The topological polar surface area (TPSA) is 83.4 Å². The summed E-state index contributed by atoms with van der Waals surface area (Å²) in [7, 11) is 0. The van der Waals surface area contributed by atoms with Crippen LogP contribution >= 0.6 is 34.7 Å². The summed E-state index contributed by atoms with van der Waals surface area (Å²) in [6, 6.07) is 14.6. The number of hydrogen-bond acceptors (Lipinski definition) is 7. The summed E-state index contributed by atoms with van der Waals surface area (Å²) in [5.41, 5.74) is 1.03. The quantitative estimate of drug-likeness (QED) is 0.209. The van der Waals surface area contributed by atoms with Crippen LogP contribution in [0.15, 0.2) is 64.5 Å². The third kappa shape index (κ3) is 3.55. The molecule has 1 atom stereocenters. The summed E-state index contributed by atoms with van der Waals surface area (Å²) < 4.78 is 0.662. The van der Waals surface area contributed by atoms with Crippen molar-refractivity contribution in [2.24, 2.45) is 0 Å². The molecule has 1 saturated heterocycles. The molecule has 146 valence electrons. The van der Waals surface area contributed by atoms with Gasteiger partial charge in [-0.25, -0.2) is 0 Å². The molecule has 0 aliphatic carbocycles. The van der Waals surface area contributed by atoms with Crippen molar-refractivity contribution in [1.29, 1.82) is 0 Å². The molecule has 9 heteroatoms. The number of anilines is 1. The summed E-state index contributed by atoms with van der Waals surface area (Å²) >= 11 is 8.76. The number of Topliss-reactive ketones (excluding diaryl/α,β-unsaturated/α-hetero) is 1. The second-order valence-corrected chi connectivity index (χ2v) is 8.59. The van der Waals surface area contributed by atoms with Crippen molar-refractivity contribution in [3.05, 3.63) is 76.3 Å². The highest BCUT2D eigenvalue weighted by atomic mass is 35.5. The lowest BCUT2D eigenvalue weighted by atomic mass is 9.95. The van der Waals surface area contributed by atoms with E-state index in [-0.39, 0.29) is 16.5 Å². The van der Waals surface area contributed by atoms with Gasteiger partial charge in [-0.15, -0.1) is 10.2 Å². The van der Waals surface area contributed by atoms with Crippen LogP contribution in [-0.4, -0.2) is 33.3 Å². The molecule has 1 fully saturated rings. The molecule has 4 rings (SSSR count). The molecule has 1 aliphatic heterocycles. The number of carbonyl (C=O) groups excluding carboxylic acids is 2. The molecule has 1 N–H and O–H groups in total. The molecule has 2 aromatic carbocycles. The predicted molar refractivity (Wildman–Crippen MR) is 114 cm³/mol. The summed E-state index contributed by atoms with van der Waals surface area (Å²) in [6.07, 6.45) is 1.85. The van der Waals surface area contributed by atoms with Crippen LogP contribution in [0.25, 0.3) is 5.76 Å². The van der Waals surface area contributed by atoms with E-state index in [9.17, 15) is 14.7 Å². The molecule has 6 nitrogen and oxygen atoms in total. The first-order chi connectivity index (χ1) is 14.0. The van der Waals surface area contributed by atoms with E-state index in [0.29, 0.717) is 20.5 Å². The highest BCUT2D eigenvalue weighted by Gasteiger charge is 2.48. The van der Waals surface area contributed by atoms with E-state index in [2.05, 4.69) is 10.2 Å². The number of halogens is 1. The molecule has 0 radical (unpaired) electrons. The molecule has 2 heterocycles. The third-order valence-corrected chi connectivity index (χ3v) is 6.57. The van der Waals surface area contributed by atoms with Crippen LogP contribution in [-0.2, 0) is 9.59 Å². The zero-order valence-corrected chi connectivity index (χ0v) is 17.5. The maximum atomic E-state index is 13.0. The Morgan fingerprint density at radius 2 is 1.90 bits per heavy atom. The van der Waals surface area contributed by atoms with Gasteiger partial charge in [0.1, 0.15) is 5.76 Å². The first-order valence-corrected chi connectivity index (χ1v) is 10.9. The van der Waals surface area contributed by atoms with Crippen molar-refractivity contribution in [1.82, 2.24) is 10.2 Å². The zero-order valence-electron chi connectivity index (χ0n) is 15.1. The fourth-order valence-corrected chi connectivity index (χ4v) is 4.64. The molecular formula is C20H14ClN3O3S2. The molecule has 0 bridgehead atoms. The largest absolute Gasteiger partial charge is 0.507 e. The van der Waals surface area contributed by atoms with E-state index in [4.69, 9.17) is 11.6 Å². The van der Waals surface area contributed by atoms with Crippen LogP contribution in [0.1, 0.15) is 17.2 Å². The number of carbonyl (C=O) groups is 2. The lowest BCUT2D eigenvalue weighted by Crippen LogP contribution is -2.29. The standard InChI is InChI=1S/C20H14ClN3O3S2/c1-28-20-23-22-19(29-20)24-15(12-8-5-9-13(21)10-12)14(17(26)18(24)27)16(25)11-6-3-2-4-7-11/h2-10,15,25H,1H3. The fourth-order valence-electron chi connectivity index (χ4n) is 3.16. The Bertz CT molecular complexity index is 1130. The minimum Gasteiger partial charge on any atom is -0.507 e. The van der Waals surface area contributed by atoms with Crippen LogP contribution in [0.3, 0.4) is 0 Å². The van der Waals surface area contributed by atoms with Crippen LogP contribution in [0.2, 0.25) is 5.02 Å². The predicted octanol–water partition coefficient (Wildman–Crippen LogP) is 4.54. The fraction of sp³-hybridized carbons (Fsp3) is 0.100. The lowest BCUT2D eigenvalue weighted by Gasteiger charge is -2.22. The van der Waals surface area contributed by atoms with Gasteiger partial charge in [0, 0.05) is 10.6 Å². The van der Waals surface area contributed by atoms with Crippen LogP contribution < -0.4 is 4.90 Å². The number of benzene rings is 2. The van der Waals surface area contributed by atoms with Crippen molar-refractivity contribution in [3.8, 4) is 0 Å². The van der Waals surface area contributed by atoms with Crippen molar-refractivity contribution >= 4 is 57.3 Å². The number of rotatable bonds is 4. The highest BCUT2D eigenvalue weighted by molar-refractivity contribution is 8.00. The Labute approximate surface area is 179 Å². The number of hydrogen-bond donors (Lipinski definition) is 1. The first-order valence-electron chi connectivity index (χ1n) is 8.50. The average molecular weight is 444 g/mol. The molecule has 1 aliphatic rings. The Morgan fingerprint density at radius 1 is 1.14 bits per heavy atom. The SMILES string of the molecule is CSc1nnc(N2C(=O)C(=O)C(=C(O)c3ccccc3)C2c2cccc(Cl)c2)s1. The Balaban J connectivity index is 1.94. The normalized spacial score (nSPS) is 18.4. The number of nitrogens with zero attached hydrogens (tertiary/aromatic N) is 3. The van der Waals surface area contributed by atoms with Crippen molar-refractivity contribution in [2.75, 3.05) is 11.2 Å². The number of thioether (sulfide) groups is 1. The van der Waals surface area contributed by atoms with Gasteiger partial charge in [0.25, 0.3) is 5.78 Å². The average Bonchev–Trinajstić information content (AvgIpc) is 3.31. The van der Waals surface area contributed by atoms with Gasteiger partial charge in [-0.1, -0.05) is 77.2 Å². The van der Waals surface area contributed by atoms with Gasteiger partial charge in [-0.05, 0) is 24.0 Å². The number of aliphatic hydroxyl groups excluding tert-OH is 1. The Kier molecular flexibility index (Phi) is 5.40. The molecule has 0 spiro atoms. The maximum absolute atomic E-state index is 13.0. The molecule has 1 aromatic heterocycles. The summed E-state index contributed by atoms with van der Waals surface area (Å²) in [4.78, 5) is 27.2. The Morgan fingerprint density at radius 3 is 2.55 bits per heavy atom. The first kappa shape index (κ1) is 19.6. The Hall–Kier alpha value is -2.68. The van der Waals surface area contributed by atoms with Crippen LogP contribution in [0.5, 0.6) is 0 Å². The van der Waals surface area contributed by atoms with E-state index in [1.807, 2.05) is 6.26 Å². The van der Waals surface area contributed by atoms with Gasteiger partial charge in [0.15, 0.2) is 4.34 Å². The van der Waals surface area contributed by atoms with Crippen LogP contribution in [0, 0.1) is 0 Å². The number of aromatic nitrogens is 2. The van der Waals surface area contributed by atoms with Gasteiger partial charge < -0.3 is 5.11 Å². The van der Waals surface area contributed by atoms with Gasteiger partial charge in [0.2, 0.25) is 5.13 Å². The monoisotopic (exact) mass is 443 g/mol. The zero-order chi connectivity index (χ0) is 20.5. The molecule has 29 heavy (non-hydrogen) atoms. The van der Waals surface area contributed by atoms with E-state index < -0.39 is 17.7 Å². The lowest BCUT2D eigenvalue weighted by molar-refractivity contribution is -0.132. The van der Waals surface area contributed by atoms with E-state index >= 15 is 0 Å². The van der Waals surface area contributed by atoms with E-state index in [1.165, 1.54) is 28.0 Å². The second-order valence-electron chi connectivity index (χ2n) is 6.14. The molecule has 3 aromatic rings. The number of ketones is 1. The second kappa shape index (κ2) is 7.98. The molecule has 1 amide bonds. The summed E-state index contributed by atoms with van der Waals surface area (Å²) in [6.45, 7) is 0.